The molecule has 0 saturated carbocycles. The van der Waals surface area contributed by atoms with E-state index < -0.39 is 16.0 Å². The standard InChI is InChI=1S/C17H17BrN2O5S/c1-20(2)16(21)11-4-7-13(8-5-11)19-26(23,24)15-9-6-12(18)10-14(15)17(22)25-3/h4-10,19H,1-3H3. The highest BCUT2D eigenvalue weighted by atomic mass is 79.9. The van der Waals surface area contributed by atoms with Crippen LogP contribution in [-0.4, -0.2) is 46.4 Å². The van der Waals surface area contributed by atoms with Crippen molar-refractivity contribution in [2.45, 2.75) is 4.90 Å². The zero-order valence-corrected chi connectivity index (χ0v) is 16.7. The van der Waals surface area contributed by atoms with Gasteiger partial charge in [-0.25, -0.2) is 13.2 Å². The molecular weight excluding hydrogens is 424 g/mol. The lowest BCUT2D eigenvalue weighted by molar-refractivity contribution is 0.0596. The molecule has 0 heterocycles. The van der Waals surface area contributed by atoms with Crippen LogP contribution in [0.25, 0.3) is 0 Å². The highest BCUT2D eigenvalue weighted by Crippen LogP contribution is 2.24. The number of esters is 1. The molecule has 0 aliphatic rings. The smallest absolute Gasteiger partial charge is 0.339 e. The number of ether oxygens (including phenoxy) is 1. The molecule has 1 amide bonds. The van der Waals surface area contributed by atoms with E-state index in [0.29, 0.717) is 10.0 Å². The summed E-state index contributed by atoms with van der Waals surface area (Å²) < 4.78 is 32.9. The number of sulfonamides is 1. The number of rotatable bonds is 5. The third-order valence-electron chi connectivity index (χ3n) is 3.43. The van der Waals surface area contributed by atoms with E-state index in [1.54, 1.807) is 14.1 Å². The first-order valence-corrected chi connectivity index (χ1v) is 9.65. The Morgan fingerprint density at radius 1 is 1.08 bits per heavy atom. The Labute approximate surface area is 160 Å². The van der Waals surface area contributed by atoms with Crippen molar-refractivity contribution in [3.8, 4) is 0 Å². The molecule has 0 unspecified atom stereocenters. The fourth-order valence-corrected chi connectivity index (χ4v) is 3.75. The Morgan fingerprint density at radius 3 is 2.23 bits per heavy atom. The quantitative estimate of drug-likeness (QED) is 0.721. The van der Waals surface area contributed by atoms with E-state index >= 15 is 0 Å². The molecule has 2 aromatic rings. The Balaban J connectivity index is 2.35. The van der Waals surface area contributed by atoms with Gasteiger partial charge in [0, 0.05) is 29.8 Å². The van der Waals surface area contributed by atoms with Crippen LogP contribution >= 0.6 is 15.9 Å². The summed E-state index contributed by atoms with van der Waals surface area (Å²) in [7, 11) is 0.394. The number of methoxy groups -OCH3 is 1. The number of carbonyl (C=O) groups excluding carboxylic acids is 2. The number of benzene rings is 2. The van der Waals surface area contributed by atoms with Crippen LogP contribution in [0.3, 0.4) is 0 Å². The molecule has 2 aromatic carbocycles. The van der Waals surface area contributed by atoms with E-state index in [0.717, 1.165) is 0 Å². The van der Waals surface area contributed by atoms with Crippen molar-refractivity contribution in [3.05, 3.63) is 58.1 Å². The summed E-state index contributed by atoms with van der Waals surface area (Å²) in [4.78, 5) is 25.0. The molecule has 0 saturated heterocycles. The molecule has 0 aromatic heterocycles. The molecule has 0 spiro atoms. The van der Waals surface area contributed by atoms with Crippen molar-refractivity contribution in [1.29, 1.82) is 0 Å². The van der Waals surface area contributed by atoms with Gasteiger partial charge in [0.2, 0.25) is 0 Å². The van der Waals surface area contributed by atoms with Crippen molar-refractivity contribution in [1.82, 2.24) is 4.90 Å². The third kappa shape index (κ3) is 4.41. The number of amides is 1. The number of nitrogens with zero attached hydrogens (tertiary/aromatic N) is 1. The fraction of sp³-hybridized carbons (Fsp3) is 0.176. The molecule has 1 N–H and O–H groups in total. The number of carbonyl (C=O) groups is 2. The highest BCUT2D eigenvalue weighted by Gasteiger charge is 2.23. The van der Waals surface area contributed by atoms with Crippen molar-refractivity contribution >= 4 is 43.5 Å². The SMILES string of the molecule is COC(=O)c1cc(Br)ccc1S(=O)(=O)Nc1ccc(C(=O)N(C)C)cc1. The Bertz CT molecular complexity index is 940. The van der Waals surface area contributed by atoms with Crippen LogP contribution in [0.4, 0.5) is 5.69 Å². The first-order valence-electron chi connectivity index (χ1n) is 7.38. The van der Waals surface area contributed by atoms with Gasteiger partial charge in [-0.2, -0.15) is 0 Å². The number of anilines is 1. The predicted octanol–water partition coefficient (Wildman–Crippen LogP) is 2.74. The van der Waals surface area contributed by atoms with Crippen LogP contribution in [0.15, 0.2) is 51.8 Å². The van der Waals surface area contributed by atoms with E-state index in [2.05, 4.69) is 25.4 Å². The first kappa shape index (κ1) is 19.9. The summed E-state index contributed by atoms with van der Waals surface area (Å²) in [5.41, 5.74) is 0.602. The van der Waals surface area contributed by atoms with Crippen LogP contribution in [0.2, 0.25) is 0 Å². The molecular formula is C17H17BrN2O5S. The van der Waals surface area contributed by atoms with Gasteiger partial charge in [0.25, 0.3) is 15.9 Å². The second kappa shape index (κ2) is 7.88. The molecule has 2 rings (SSSR count). The first-order chi connectivity index (χ1) is 12.2. The van der Waals surface area contributed by atoms with Crippen LogP contribution < -0.4 is 4.72 Å². The second-order valence-electron chi connectivity index (χ2n) is 5.51. The lowest BCUT2D eigenvalue weighted by atomic mass is 10.2. The van der Waals surface area contributed by atoms with Crippen LogP contribution in [0.1, 0.15) is 20.7 Å². The summed E-state index contributed by atoms with van der Waals surface area (Å²) in [5.74, 6) is -0.959. The average Bonchev–Trinajstić information content (AvgIpc) is 2.60. The van der Waals surface area contributed by atoms with Crippen molar-refractivity contribution in [3.63, 3.8) is 0 Å². The summed E-state index contributed by atoms with van der Waals surface area (Å²) >= 11 is 3.20. The maximum absolute atomic E-state index is 12.7. The zero-order chi connectivity index (χ0) is 19.5. The molecule has 0 atom stereocenters. The lowest BCUT2D eigenvalue weighted by Gasteiger charge is -2.13. The largest absolute Gasteiger partial charge is 0.465 e. The monoisotopic (exact) mass is 440 g/mol. The van der Waals surface area contributed by atoms with Gasteiger partial charge >= 0.3 is 5.97 Å². The Morgan fingerprint density at radius 2 is 1.69 bits per heavy atom. The van der Waals surface area contributed by atoms with Crippen LogP contribution in [0.5, 0.6) is 0 Å². The normalized spacial score (nSPS) is 10.9. The fourth-order valence-electron chi connectivity index (χ4n) is 2.16. The molecule has 138 valence electrons. The summed E-state index contributed by atoms with van der Waals surface area (Å²) in [5, 5.41) is 0. The molecule has 0 aliphatic carbocycles. The van der Waals surface area contributed by atoms with E-state index in [1.165, 1.54) is 54.5 Å². The van der Waals surface area contributed by atoms with Gasteiger partial charge in [0.15, 0.2) is 0 Å². The van der Waals surface area contributed by atoms with Crippen molar-refractivity contribution in [2.75, 3.05) is 25.9 Å². The Kier molecular flexibility index (Phi) is 6.04. The van der Waals surface area contributed by atoms with E-state index in [4.69, 9.17) is 0 Å². The lowest BCUT2D eigenvalue weighted by Crippen LogP contribution is -2.21. The van der Waals surface area contributed by atoms with Gasteiger partial charge in [-0.1, -0.05) is 15.9 Å². The van der Waals surface area contributed by atoms with Gasteiger partial charge in [-0.3, -0.25) is 9.52 Å². The van der Waals surface area contributed by atoms with E-state index in [1.807, 2.05) is 0 Å². The zero-order valence-electron chi connectivity index (χ0n) is 14.3. The maximum atomic E-state index is 12.7. The molecule has 0 fully saturated rings. The minimum Gasteiger partial charge on any atom is -0.465 e. The highest BCUT2D eigenvalue weighted by molar-refractivity contribution is 9.10. The number of hydrogen-bond acceptors (Lipinski definition) is 5. The minimum atomic E-state index is -4.03. The Hall–Kier alpha value is -2.39. The number of nitrogens with one attached hydrogen (secondary N) is 1. The van der Waals surface area contributed by atoms with Gasteiger partial charge in [0.05, 0.1) is 12.7 Å². The summed E-state index contributed by atoms with van der Waals surface area (Å²) in [6, 6.07) is 10.2. The predicted molar refractivity (Wildman–Crippen MR) is 101 cm³/mol. The minimum absolute atomic E-state index is 0.0891. The summed E-state index contributed by atoms with van der Waals surface area (Å²) in [6.45, 7) is 0. The van der Waals surface area contributed by atoms with Crippen LogP contribution in [0, 0.1) is 0 Å². The van der Waals surface area contributed by atoms with Gasteiger partial charge in [-0.15, -0.1) is 0 Å². The second-order valence-corrected chi connectivity index (χ2v) is 8.08. The van der Waals surface area contributed by atoms with E-state index in [-0.39, 0.29) is 22.1 Å². The molecule has 26 heavy (non-hydrogen) atoms. The molecule has 7 nitrogen and oxygen atoms in total. The summed E-state index contributed by atoms with van der Waals surface area (Å²) in [6.07, 6.45) is 0. The average molecular weight is 441 g/mol. The number of hydrogen-bond donors (Lipinski definition) is 1. The van der Waals surface area contributed by atoms with Gasteiger partial charge in [-0.05, 0) is 42.5 Å². The molecule has 9 heteroatoms. The maximum Gasteiger partial charge on any atom is 0.339 e. The van der Waals surface area contributed by atoms with Gasteiger partial charge in [0.1, 0.15) is 4.90 Å². The van der Waals surface area contributed by atoms with Crippen molar-refractivity contribution in [2.24, 2.45) is 0 Å². The molecule has 0 radical (unpaired) electrons. The van der Waals surface area contributed by atoms with Crippen LogP contribution in [-0.2, 0) is 14.8 Å². The third-order valence-corrected chi connectivity index (χ3v) is 5.36. The van der Waals surface area contributed by atoms with Gasteiger partial charge < -0.3 is 9.64 Å². The molecule has 0 bridgehead atoms. The van der Waals surface area contributed by atoms with E-state index in [9.17, 15) is 18.0 Å². The van der Waals surface area contributed by atoms with Crippen molar-refractivity contribution < 1.29 is 22.7 Å². The molecule has 0 aliphatic heterocycles. The topological polar surface area (TPSA) is 92.8 Å². The number of halogens is 1.